The lowest BCUT2D eigenvalue weighted by Crippen LogP contribution is -2.32. The van der Waals surface area contributed by atoms with Crippen LogP contribution in [-0.2, 0) is 16.1 Å². The first-order chi connectivity index (χ1) is 11.5. The molecule has 0 radical (unpaired) electrons. The van der Waals surface area contributed by atoms with Gasteiger partial charge in [-0.3, -0.25) is 9.59 Å². The maximum Gasteiger partial charge on any atom is 0.246 e. The predicted octanol–water partition coefficient (Wildman–Crippen LogP) is 3.26. The second-order valence-corrected chi connectivity index (χ2v) is 5.78. The van der Waals surface area contributed by atoms with Crippen molar-refractivity contribution in [3.63, 3.8) is 0 Å². The molecule has 2 N–H and O–H groups in total. The van der Waals surface area contributed by atoms with Gasteiger partial charge in [0, 0.05) is 30.6 Å². The Morgan fingerprint density at radius 2 is 1.71 bits per heavy atom. The van der Waals surface area contributed by atoms with E-state index in [1.165, 1.54) is 6.08 Å². The maximum atomic E-state index is 12.5. The molecule has 0 saturated carbocycles. The van der Waals surface area contributed by atoms with E-state index in [1.54, 1.807) is 23.1 Å². The van der Waals surface area contributed by atoms with Gasteiger partial charge < -0.3 is 10.6 Å². The number of nitrogens with zero attached hydrogens (tertiary/aromatic N) is 1. The Morgan fingerprint density at radius 3 is 2.33 bits per heavy atom. The van der Waals surface area contributed by atoms with Crippen molar-refractivity contribution >= 4 is 29.5 Å². The number of nitrogens with two attached hydrogens (primary N) is 1. The Bertz CT molecular complexity index is 712. The van der Waals surface area contributed by atoms with Gasteiger partial charge in [-0.2, -0.15) is 0 Å². The number of carbonyl (C=O) groups is 2. The van der Waals surface area contributed by atoms with Crippen LogP contribution < -0.4 is 5.73 Å². The summed E-state index contributed by atoms with van der Waals surface area (Å²) in [5.74, 6) is -0.599. The molecule has 5 heteroatoms. The quantitative estimate of drug-likeness (QED) is 0.785. The van der Waals surface area contributed by atoms with Crippen LogP contribution in [0.4, 0.5) is 0 Å². The Balaban J connectivity index is 2.07. The Kier molecular flexibility index (Phi) is 6.58. The molecule has 0 spiro atoms. The molecule has 2 amide bonds. The summed E-state index contributed by atoms with van der Waals surface area (Å²) in [4.78, 5) is 25.1. The number of benzene rings is 2. The summed E-state index contributed by atoms with van der Waals surface area (Å²) >= 11 is 5.84. The molecular weight excluding hydrogens is 324 g/mol. The molecule has 0 aliphatic heterocycles. The summed E-state index contributed by atoms with van der Waals surface area (Å²) in [6, 6.07) is 16.8. The van der Waals surface area contributed by atoms with Gasteiger partial charge in [0.05, 0.1) is 0 Å². The largest absolute Gasteiger partial charge is 0.370 e. The van der Waals surface area contributed by atoms with E-state index in [-0.39, 0.29) is 18.9 Å². The highest BCUT2D eigenvalue weighted by molar-refractivity contribution is 6.30. The van der Waals surface area contributed by atoms with Gasteiger partial charge in [0.2, 0.25) is 11.8 Å². The van der Waals surface area contributed by atoms with Crippen LogP contribution in [0.15, 0.2) is 60.7 Å². The molecule has 0 bridgehead atoms. The molecule has 0 atom stereocenters. The number of hydrogen-bond acceptors (Lipinski definition) is 2. The molecule has 4 nitrogen and oxygen atoms in total. The molecule has 0 heterocycles. The Hall–Kier alpha value is -2.59. The highest BCUT2D eigenvalue weighted by Crippen LogP contribution is 2.11. The summed E-state index contributed by atoms with van der Waals surface area (Å²) < 4.78 is 0. The highest BCUT2D eigenvalue weighted by atomic mass is 35.5. The van der Waals surface area contributed by atoms with Gasteiger partial charge in [-0.05, 0) is 29.3 Å². The number of halogens is 1. The van der Waals surface area contributed by atoms with Gasteiger partial charge in [0.25, 0.3) is 0 Å². The molecule has 0 unspecified atom stereocenters. The zero-order valence-electron chi connectivity index (χ0n) is 13.2. The van der Waals surface area contributed by atoms with Crippen LogP contribution in [0.1, 0.15) is 17.5 Å². The van der Waals surface area contributed by atoms with Crippen LogP contribution in [0.5, 0.6) is 0 Å². The maximum absolute atomic E-state index is 12.5. The number of carbonyl (C=O) groups excluding carboxylic acids is 2. The first-order valence-electron chi connectivity index (χ1n) is 7.59. The monoisotopic (exact) mass is 342 g/mol. The standard InChI is InChI=1S/C19H19ClN2O2/c20-17-9-6-15(7-10-17)8-11-19(24)22(13-12-18(21)23)14-16-4-2-1-3-5-16/h1-11H,12-14H2,(H2,21,23). The van der Waals surface area contributed by atoms with E-state index in [1.807, 2.05) is 42.5 Å². The van der Waals surface area contributed by atoms with E-state index < -0.39 is 5.91 Å². The van der Waals surface area contributed by atoms with E-state index in [2.05, 4.69) is 0 Å². The van der Waals surface area contributed by atoms with Crippen molar-refractivity contribution in [3.8, 4) is 0 Å². The van der Waals surface area contributed by atoms with Crippen molar-refractivity contribution in [3.05, 3.63) is 76.8 Å². The van der Waals surface area contributed by atoms with Crippen LogP contribution in [-0.4, -0.2) is 23.3 Å². The van der Waals surface area contributed by atoms with Gasteiger partial charge in [-0.1, -0.05) is 54.1 Å². The fourth-order valence-corrected chi connectivity index (χ4v) is 2.29. The summed E-state index contributed by atoms with van der Waals surface area (Å²) in [5, 5.41) is 0.644. The number of rotatable bonds is 7. The zero-order chi connectivity index (χ0) is 17.4. The third kappa shape index (κ3) is 5.89. The van der Waals surface area contributed by atoms with Crippen molar-refractivity contribution < 1.29 is 9.59 Å². The average molecular weight is 343 g/mol. The minimum Gasteiger partial charge on any atom is -0.370 e. The van der Waals surface area contributed by atoms with Gasteiger partial charge in [0.1, 0.15) is 0 Å². The predicted molar refractivity (Wildman–Crippen MR) is 96.2 cm³/mol. The fourth-order valence-electron chi connectivity index (χ4n) is 2.16. The smallest absolute Gasteiger partial charge is 0.246 e. The lowest BCUT2D eigenvalue weighted by atomic mass is 10.2. The summed E-state index contributed by atoms with van der Waals surface area (Å²) in [6.45, 7) is 0.714. The van der Waals surface area contributed by atoms with Gasteiger partial charge >= 0.3 is 0 Å². The first kappa shape index (κ1) is 17.8. The van der Waals surface area contributed by atoms with Crippen LogP contribution in [0.2, 0.25) is 5.02 Å². The van der Waals surface area contributed by atoms with Gasteiger partial charge in [0.15, 0.2) is 0 Å². The molecule has 0 aliphatic carbocycles. The topological polar surface area (TPSA) is 63.4 Å². The normalized spacial score (nSPS) is 10.7. The van der Waals surface area contributed by atoms with Gasteiger partial charge in [-0.25, -0.2) is 0 Å². The number of amides is 2. The molecule has 124 valence electrons. The third-order valence-corrected chi connectivity index (χ3v) is 3.70. The van der Waals surface area contributed by atoms with E-state index in [9.17, 15) is 9.59 Å². The Morgan fingerprint density at radius 1 is 1.04 bits per heavy atom. The molecule has 0 fully saturated rings. The van der Waals surface area contributed by atoms with E-state index >= 15 is 0 Å². The van der Waals surface area contributed by atoms with E-state index in [0.717, 1.165) is 11.1 Å². The minimum absolute atomic E-state index is 0.132. The highest BCUT2D eigenvalue weighted by Gasteiger charge is 2.12. The van der Waals surface area contributed by atoms with Crippen LogP contribution >= 0.6 is 11.6 Å². The molecule has 0 saturated heterocycles. The average Bonchev–Trinajstić information content (AvgIpc) is 2.58. The lowest BCUT2D eigenvalue weighted by Gasteiger charge is -2.20. The van der Waals surface area contributed by atoms with Crippen LogP contribution in [0.25, 0.3) is 6.08 Å². The molecule has 2 aromatic rings. The van der Waals surface area contributed by atoms with Crippen LogP contribution in [0.3, 0.4) is 0 Å². The second-order valence-electron chi connectivity index (χ2n) is 5.35. The third-order valence-electron chi connectivity index (χ3n) is 3.44. The van der Waals surface area contributed by atoms with E-state index in [0.29, 0.717) is 11.6 Å². The molecule has 0 aromatic heterocycles. The second kappa shape index (κ2) is 8.89. The number of primary amides is 1. The van der Waals surface area contributed by atoms with E-state index in [4.69, 9.17) is 17.3 Å². The molecule has 2 aromatic carbocycles. The van der Waals surface area contributed by atoms with Crippen molar-refractivity contribution in [2.24, 2.45) is 5.73 Å². The van der Waals surface area contributed by atoms with Crippen LogP contribution in [0, 0.1) is 0 Å². The van der Waals surface area contributed by atoms with Crippen molar-refractivity contribution in [1.29, 1.82) is 0 Å². The van der Waals surface area contributed by atoms with Gasteiger partial charge in [-0.15, -0.1) is 0 Å². The molecule has 0 aliphatic rings. The molecular formula is C19H19ClN2O2. The summed E-state index contributed by atoms with van der Waals surface area (Å²) in [5.41, 5.74) is 7.08. The Labute approximate surface area is 146 Å². The van der Waals surface area contributed by atoms with Crippen molar-refractivity contribution in [2.45, 2.75) is 13.0 Å². The molecule has 24 heavy (non-hydrogen) atoms. The minimum atomic E-state index is -0.428. The van der Waals surface area contributed by atoms with Crippen molar-refractivity contribution in [1.82, 2.24) is 4.90 Å². The molecule has 2 rings (SSSR count). The fraction of sp³-hybridized carbons (Fsp3) is 0.158. The lowest BCUT2D eigenvalue weighted by molar-refractivity contribution is -0.127. The number of hydrogen-bond donors (Lipinski definition) is 1. The first-order valence-corrected chi connectivity index (χ1v) is 7.97. The zero-order valence-corrected chi connectivity index (χ0v) is 13.9. The SMILES string of the molecule is NC(=O)CCN(Cc1ccccc1)C(=O)C=Cc1ccc(Cl)cc1. The summed E-state index contributed by atoms with van der Waals surface area (Å²) in [7, 11) is 0. The van der Waals surface area contributed by atoms with Crippen molar-refractivity contribution in [2.75, 3.05) is 6.54 Å². The summed E-state index contributed by atoms with van der Waals surface area (Å²) in [6.07, 6.45) is 3.35.